The van der Waals surface area contributed by atoms with Gasteiger partial charge in [-0.2, -0.15) is 0 Å². The number of hydrogen-bond donors (Lipinski definition) is 0. The maximum Gasteiger partial charge on any atom is 0.172 e. The SMILES string of the molecule is CC(c1nccs1)N1CCN(c2nc(-c3cccs3)nc3ccccc23)CC1. The molecular formula is C21H21N5S2. The van der Waals surface area contributed by atoms with E-state index in [1.54, 1.807) is 22.7 Å². The Bertz CT molecular complexity index is 1050. The van der Waals surface area contributed by atoms with Gasteiger partial charge in [0.2, 0.25) is 0 Å². The van der Waals surface area contributed by atoms with Crippen LogP contribution in [-0.2, 0) is 0 Å². The zero-order valence-corrected chi connectivity index (χ0v) is 17.3. The van der Waals surface area contributed by atoms with E-state index in [2.05, 4.69) is 62.8 Å². The Kier molecular flexibility index (Phi) is 4.80. The van der Waals surface area contributed by atoms with Gasteiger partial charge in [0, 0.05) is 43.1 Å². The minimum Gasteiger partial charge on any atom is -0.353 e. The van der Waals surface area contributed by atoms with Crippen LogP contribution in [0, 0.1) is 0 Å². The Morgan fingerprint density at radius 3 is 2.54 bits per heavy atom. The van der Waals surface area contributed by atoms with E-state index in [1.165, 1.54) is 5.01 Å². The van der Waals surface area contributed by atoms with Gasteiger partial charge in [0.25, 0.3) is 0 Å². The maximum absolute atomic E-state index is 4.98. The number of aromatic nitrogens is 3. The molecule has 0 bridgehead atoms. The number of piperazine rings is 1. The van der Waals surface area contributed by atoms with Gasteiger partial charge in [0.05, 0.1) is 16.4 Å². The summed E-state index contributed by atoms with van der Waals surface area (Å²) in [6, 6.07) is 12.8. The van der Waals surface area contributed by atoms with Crippen LogP contribution in [0.4, 0.5) is 5.82 Å². The van der Waals surface area contributed by atoms with Gasteiger partial charge < -0.3 is 4.90 Å². The summed E-state index contributed by atoms with van der Waals surface area (Å²) in [7, 11) is 0. The largest absolute Gasteiger partial charge is 0.353 e. The summed E-state index contributed by atoms with van der Waals surface area (Å²) in [5.41, 5.74) is 1.01. The first-order valence-electron chi connectivity index (χ1n) is 9.48. The molecule has 0 radical (unpaired) electrons. The Labute approximate surface area is 172 Å². The third kappa shape index (κ3) is 3.30. The molecule has 1 saturated heterocycles. The van der Waals surface area contributed by atoms with Crippen molar-refractivity contribution in [3.05, 3.63) is 58.4 Å². The molecule has 0 N–H and O–H groups in total. The third-order valence-electron chi connectivity index (χ3n) is 5.30. The summed E-state index contributed by atoms with van der Waals surface area (Å²) in [6.07, 6.45) is 1.89. The van der Waals surface area contributed by atoms with Crippen LogP contribution in [0.25, 0.3) is 21.6 Å². The lowest BCUT2D eigenvalue weighted by Crippen LogP contribution is -2.47. The number of fused-ring (bicyclic) bond motifs is 1. The summed E-state index contributed by atoms with van der Waals surface area (Å²) in [5, 5.41) is 6.46. The minimum atomic E-state index is 0.367. The number of benzene rings is 1. The van der Waals surface area contributed by atoms with Crippen LogP contribution in [0.5, 0.6) is 0 Å². The van der Waals surface area contributed by atoms with Crippen molar-refractivity contribution in [2.45, 2.75) is 13.0 Å². The predicted molar refractivity (Wildman–Crippen MR) is 117 cm³/mol. The van der Waals surface area contributed by atoms with Crippen molar-refractivity contribution >= 4 is 39.4 Å². The molecule has 4 heterocycles. The van der Waals surface area contributed by atoms with Gasteiger partial charge in [-0.05, 0) is 30.5 Å². The first-order chi connectivity index (χ1) is 13.8. The Morgan fingerprint density at radius 1 is 0.929 bits per heavy atom. The van der Waals surface area contributed by atoms with Crippen LogP contribution >= 0.6 is 22.7 Å². The van der Waals surface area contributed by atoms with Crippen LogP contribution in [0.2, 0.25) is 0 Å². The predicted octanol–water partition coefficient (Wildman–Crippen LogP) is 4.70. The molecule has 1 atom stereocenters. The molecule has 3 aromatic heterocycles. The van der Waals surface area contributed by atoms with Crippen molar-refractivity contribution in [1.82, 2.24) is 19.9 Å². The fourth-order valence-corrected chi connectivity index (χ4v) is 5.12. The second kappa shape index (κ2) is 7.58. The highest BCUT2D eigenvalue weighted by molar-refractivity contribution is 7.13. The van der Waals surface area contributed by atoms with Crippen molar-refractivity contribution < 1.29 is 0 Å². The number of anilines is 1. The van der Waals surface area contributed by atoms with Gasteiger partial charge in [-0.3, -0.25) is 4.90 Å². The van der Waals surface area contributed by atoms with E-state index in [-0.39, 0.29) is 0 Å². The van der Waals surface area contributed by atoms with Crippen molar-refractivity contribution in [2.75, 3.05) is 31.1 Å². The standard InChI is InChI=1S/C21H21N5S2/c1-15(21-22-8-14-28-21)25-9-11-26(12-10-25)20-16-5-2-3-6-17(16)23-19(24-20)18-7-4-13-27-18/h2-8,13-15H,9-12H2,1H3. The molecule has 1 aromatic carbocycles. The summed E-state index contributed by atoms with van der Waals surface area (Å²) in [6.45, 7) is 6.19. The van der Waals surface area contributed by atoms with Crippen LogP contribution in [-0.4, -0.2) is 46.0 Å². The average molecular weight is 408 g/mol. The second-order valence-electron chi connectivity index (χ2n) is 6.93. The molecule has 5 nitrogen and oxygen atoms in total. The zero-order chi connectivity index (χ0) is 18.9. The van der Waals surface area contributed by atoms with Gasteiger partial charge in [-0.25, -0.2) is 15.0 Å². The first kappa shape index (κ1) is 17.7. The van der Waals surface area contributed by atoms with Crippen molar-refractivity contribution in [3.8, 4) is 10.7 Å². The highest BCUT2D eigenvalue weighted by atomic mass is 32.1. The summed E-state index contributed by atoms with van der Waals surface area (Å²) < 4.78 is 0. The lowest BCUT2D eigenvalue weighted by molar-refractivity contribution is 0.198. The molecule has 7 heteroatoms. The van der Waals surface area contributed by atoms with Gasteiger partial charge in [-0.15, -0.1) is 22.7 Å². The Hall–Kier alpha value is -2.35. The van der Waals surface area contributed by atoms with Crippen LogP contribution < -0.4 is 4.90 Å². The minimum absolute atomic E-state index is 0.367. The molecule has 0 amide bonds. The van der Waals surface area contributed by atoms with Crippen LogP contribution in [0.1, 0.15) is 18.0 Å². The average Bonchev–Trinajstić information content (AvgIpc) is 3.47. The first-order valence-corrected chi connectivity index (χ1v) is 11.2. The van der Waals surface area contributed by atoms with Crippen molar-refractivity contribution in [2.24, 2.45) is 0 Å². The van der Waals surface area contributed by atoms with Crippen molar-refractivity contribution in [3.63, 3.8) is 0 Å². The second-order valence-corrected chi connectivity index (χ2v) is 8.81. The number of rotatable bonds is 4. The van der Waals surface area contributed by atoms with E-state index < -0.39 is 0 Å². The molecule has 1 unspecified atom stereocenters. The normalized spacial score (nSPS) is 16.5. The molecule has 4 aromatic rings. The Morgan fingerprint density at radius 2 is 1.79 bits per heavy atom. The number of nitrogens with zero attached hydrogens (tertiary/aromatic N) is 5. The fourth-order valence-electron chi connectivity index (χ4n) is 3.73. The van der Waals surface area contributed by atoms with Gasteiger partial charge in [0.15, 0.2) is 5.82 Å². The summed E-state index contributed by atoms with van der Waals surface area (Å²) >= 11 is 3.42. The molecular weight excluding hydrogens is 386 g/mol. The van der Waals surface area contributed by atoms with E-state index >= 15 is 0 Å². The fraction of sp³-hybridized carbons (Fsp3) is 0.286. The molecule has 0 saturated carbocycles. The smallest absolute Gasteiger partial charge is 0.172 e. The monoisotopic (exact) mass is 407 g/mol. The van der Waals surface area contributed by atoms with E-state index in [9.17, 15) is 0 Å². The van der Waals surface area contributed by atoms with Crippen molar-refractivity contribution in [1.29, 1.82) is 0 Å². The summed E-state index contributed by atoms with van der Waals surface area (Å²) in [5.74, 6) is 1.87. The van der Waals surface area contributed by atoms with Crippen LogP contribution in [0.15, 0.2) is 53.4 Å². The lowest BCUT2D eigenvalue weighted by atomic mass is 10.2. The van der Waals surface area contributed by atoms with Crippen LogP contribution in [0.3, 0.4) is 0 Å². The van der Waals surface area contributed by atoms with E-state index in [0.29, 0.717) is 6.04 Å². The third-order valence-corrected chi connectivity index (χ3v) is 7.11. The lowest BCUT2D eigenvalue weighted by Gasteiger charge is -2.38. The zero-order valence-electron chi connectivity index (χ0n) is 15.7. The number of thiophene rings is 1. The molecule has 5 rings (SSSR count). The summed E-state index contributed by atoms with van der Waals surface area (Å²) in [4.78, 5) is 20.3. The quantitative estimate of drug-likeness (QED) is 0.491. The topological polar surface area (TPSA) is 45.2 Å². The maximum atomic E-state index is 4.98. The highest BCUT2D eigenvalue weighted by Gasteiger charge is 2.25. The number of thiazole rings is 1. The molecule has 1 fully saturated rings. The van der Waals surface area contributed by atoms with Gasteiger partial charge >= 0.3 is 0 Å². The van der Waals surface area contributed by atoms with E-state index in [0.717, 1.165) is 53.6 Å². The molecule has 28 heavy (non-hydrogen) atoms. The highest BCUT2D eigenvalue weighted by Crippen LogP contribution is 2.31. The van der Waals surface area contributed by atoms with Gasteiger partial charge in [-0.1, -0.05) is 18.2 Å². The molecule has 0 spiro atoms. The number of hydrogen-bond acceptors (Lipinski definition) is 7. The molecule has 1 aliphatic heterocycles. The molecule has 142 valence electrons. The molecule has 1 aliphatic rings. The Balaban J connectivity index is 1.43. The molecule has 0 aliphatic carbocycles. The number of para-hydroxylation sites is 1. The van der Waals surface area contributed by atoms with E-state index in [1.807, 2.05) is 12.3 Å². The van der Waals surface area contributed by atoms with Gasteiger partial charge in [0.1, 0.15) is 10.8 Å². The van der Waals surface area contributed by atoms with E-state index in [4.69, 9.17) is 9.97 Å².